The summed E-state index contributed by atoms with van der Waals surface area (Å²) in [6.45, 7) is 3.16. The second kappa shape index (κ2) is 6.05. The van der Waals surface area contributed by atoms with Crippen LogP contribution in [0.5, 0.6) is 11.5 Å². The number of halogens is 1. The topological polar surface area (TPSA) is 38.8 Å². The average Bonchev–Trinajstić information content (AvgIpc) is 3.00. The lowest BCUT2D eigenvalue weighted by atomic mass is 10.1. The third kappa shape index (κ3) is 2.88. The quantitative estimate of drug-likeness (QED) is 0.870. The lowest BCUT2D eigenvalue weighted by Gasteiger charge is -2.21. The zero-order valence-corrected chi connectivity index (χ0v) is 12.2. The number of rotatable bonds is 4. The predicted octanol–water partition coefficient (Wildman–Crippen LogP) is 3.22. The molecule has 2 aromatic carbocycles. The fraction of sp³-hybridized carbons (Fsp3) is 0.235. The predicted molar refractivity (Wildman–Crippen MR) is 79.4 cm³/mol. The molecular formula is C17H16FNO3. The number of hydrogen-bond donors (Lipinski definition) is 0. The number of benzene rings is 2. The Bertz CT molecular complexity index is 685. The minimum Gasteiger partial charge on any atom is -0.454 e. The Balaban J connectivity index is 1.76. The third-order valence-corrected chi connectivity index (χ3v) is 3.57. The van der Waals surface area contributed by atoms with Crippen LogP contribution in [0.25, 0.3) is 0 Å². The monoisotopic (exact) mass is 301 g/mol. The average molecular weight is 301 g/mol. The molecule has 0 atom stereocenters. The van der Waals surface area contributed by atoms with Gasteiger partial charge in [0.2, 0.25) is 6.79 Å². The molecule has 1 aliphatic rings. The highest BCUT2D eigenvalue weighted by Crippen LogP contribution is 2.32. The van der Waals surface area contributed by atoms with Crippen LogP contribution in [0.4, 0.5) is 4.39 Å². The van der Waals surface area contributed by atoms with Crippen molar-refractivity contribution in [2.45, 2.75) is 13.5 Å². The Hall–Kier alpha value is -2.56. The number of ether oxygens (including phenoxy) is 2. The van der Waals surface area contributed by atoms with E-state index in [0.717, 1.165) is 11.3 Å². The molecule has 1 heterocycles. The van der Waals surface area contributed by atoms with E-state index in [9.17, 15) is 9.18 Å². The van der Waals surface area contributed by atoms with Crippen molar-refractivity contribution in [2.24, 2.45) is 0 Å². The molecule has 0 unspecified atom stereocenters. The Morgan fingerprint density at radius 1 is 1.14 bits per heavy atom. The van der Waals surface area contributed by atoms with Crippen LogP contribution in [0.1, 0.15) is 22.8 Å². The number of nitrogens with zero attached hydrogens (tertiary/aromatic N) is 1. The van der Waals surface area contributed by atoms with Crippen molar-refractivity contribution in [2.75, 3.05) is 13.3 Å². The first-order valence-corrected chi connectivity index (χ1v) is 7.10. The molecule has 0 spiro atoms. The highest BCUT2D eigenvalue weighted by molar-refractivity contribution is 5.94. The van der Waals surface area contributed by atoms with Gasteiger partial charge in [-0.1, -0.05) is 6.07 Å². The molecule has 5 heteroatoms. The first-order chi connectivity index (χ1) is 10.7. The van der Waals surface area contributed by atoms with Gasteiger partial charge in [-0.3, -0.25) is 4.79 Å². The summed E-state index contributed by atoms with van der Waals surface area (Å²) in [5.74, 6) is 0.940. The molecule has 4 nitrogen and oxygen atoms in total. The molecule has 0 radical (unpaired) electrons. The smallest absolute Gasteiger partial charge is 0.254 e. The SMILES string of the molecule is CCN(Cc1ccc2c(c1)OCO2)C(=O)c1ccc(F)cc1. The van der Waals surface area contributed by atoms with Crippen molar-refractivity contribution in [1.82, 2.24) is 4.90 Å². The van der Waals surface area contributed by atoms with E-state index in [-0.39, 0.29) is 18.5 Å². The second-order valence-electron chi connectivity index (χ2n) is 5.01. The first kappa shape index (κ1) is 14.4. The lowest BCUT2D eigenvalue weighted by Crippen LogP contribution is -2.30. The summed E-state index contributed by atoms with van der Waals surface area (Å²) in [6.07, 6.45) is 0. The van der Waals surface area contributed by atoms with Gasteiger partial charge >= 0.3 is 0 Å². The van der Waals surface area contributed by atoms with Crippen molar-refractivity contribution in [3.63, 3.8) is 0 Å². The molecule has 0 aliphatic carbocycles. The molecule has 22 heavy (non-hydrogen) atoms. The molecule has 1 amide bonds. The summed E-state index contributed by atoms with van der Waals surface area (Å²) in [4.78, 5) is 14.2. The maximum Gasteiger partial charge on any atom is 0.254 e. The Morgan fingerprint density at radius 2 is 1.86 bits per heavy atom. The van der Waals surface area contributed by atoms with E-state index >= 15 is 0 Å². The summed E-state index contributed by atoms with van der Waals surface area (Å²) >= 11 is 0. The van der Waals surface area contributed by atoms with E-state index in [4.69, 9.17) is 9.47 Å². The number of carbonyl (C=O) groups excluding carboxylic acids is 1. The number of carbonyl (C=O) groups is 1. The van der Waals surface area contributed by atoms with E-state index < -0.39 is 0 Å². The van der Waals surface area contributed by atoms with E-state index in [1.54, 1.807) is 4.90 Å². The van der Waals surface area contributed by atoms with E-state index in [1.807, 2.05) is 25.1 Å². The number of fused-ring (bicyclic) bond motifs is 1. The molecule has 3 rings (SSSR count). The van der Waals surface area contributed by atoms with E-state index in [1.165, 1.54) is 24.3 Å². The summed E-state index contributed by atoms with van der Waals surface area (Å²) in [5.41, 5.74) is 1.44. The first-order valence-electron chi connectivity index (χ1n) is 7.10. The van der Waals surface area contributed by atoms with Gasteiger partial charge in [-0.15, -0.1) is 0 Å². The minimum absolute atomic E-state index is 0.125. The zero-order chi connectivity index (χ0) is 15.5. The fourth-order valence-corrected chi connectivity index (χ4v) is 2.36. The van der Waals surface area contributed by atoms with Crippen LogP contribution in [0, 0.1) is 5.82 Å². The molecule has 0 bridgehead atoms. The number of hydrogen-bond acceptors (Lipinski definition) is 3. The summed E-state index contributed by atoms with van der Waals surface area (Å²) in [7, 11) is 0. The maximum atomic E-state index is 13.0. The van der Waals surface area contributed by atoms with Crippen LogP contribution in [0.15, 0.2) is 42.5 Å². The molecular weight excluding hydrogens is 285 g/mol. The van der Waals surface area contributed by atoms with Crippen LogP contribution in [0.3, 0.4) is 0 Å². The Kier molecular flexibility index (Phi) is 3.96. The molecule has 0 N–H and O–H groups in total. The molecule has 0 saturated heterocycles. The van der Waals surface area contributed by atoms with E-state index in [0.29, 0.717) is 24.4 Å². The summed E-state index contributed by atoms with van der Waals surface area (Å²) in [5, 5.41) is 0. The van der Waals surface area contributed by atoms with Crippen molar-refractivity contribution in [3.05, 3.63) is 59.4 Å². The van der Waals surface area contributed by atoms with Crippen molar-refractivity contribution in [3.8, 4) is 11.5 Å². The van der Waals surface area contributed by atoms with Gasteiger partial charge in [0.1, 0.15) is 5.82 Å². The van der Waals surface area contributed by atoms with Crippen molar-refractivity contribution < 1.29 is 18.7 Å². The summed E-state index contributed by atoms with van der Waals surface area (Å²) < 4.78 is 23.6. The molecule has 114 valence electrons. The van der Waals surface area contributed by atoms with Crippen LogP contribution in [-0.2, 0) is 6.54 Å². The van der Waals surface area contributed by atoms with Gasteiger partial charge in [0.25, 0.3) is 5.91 Å². The Labute approximate surface area is 128 Å². The lowest BCUT2D eigenvalue weighted by molar-refractivity contribution is 0.0752. The molecule has 0 saturated carbocycles. The van der Waals surface area contributed by atoms with Gasteiger partial charge in [-0.2, -0.15) is 0 Å². The molecule has 0 aromatic heterocycles. The maximum absolute atomic E-state index is 13.0. The third-order valence-electron chi connectivity index (χ3n) is 3.57. The molecule has 1 aliphatic heterocycles. The van der Waals surface area contributed by atoms with Crippen LogP contribution in [0.2, 0.25) is 0 Å². The number of amides is 1. The highest BCUT2D eigenvalue weighted by atomic mass is 19.1. The van der Waals surface area contributed by atoms with Gasteiger partial charge in [0.05, 0.1) is 0 Å². The standard InChI is InChI=1S/C17H16FNO3/c1-2-19(17(20)13-4-6-14(18)7-5-13)10-12-3-8-15-16(9-12)22-11-21-15/h3-9H,2,10-11H2,1H3. The van der Waals surface area contributed by atoms with Crippen molar-refractivity contribution in [1.29, 1.82) is 0 Å². The highest BCUT2D eigenvalue weighted by Gasteiger charge is 2.17. The van der Waals surface area contributed by atoms with Gasteiger partial charge in [-0.05, 0) is 48.9 Å². The largest absolute Gasteiger partial charge is 0.454 e. The van der Waals surface area contributed by atoms with Crippen molar-refractivity contribution >= 4 is 5.91 Å². The van der Waals surface area contributed by atoms with E-state index in [2.05, 4.69) is 0 Å². The molecule has 2 aromatic rings. The van der Waals surface area contributed by atoms with Crippen LogP contribution in [-0.4, -0.2) is 24.1 Å². The zero-order valence-electron chi connectivity index (χ0n) is 12.2. The van der Waals surface area contributed by atoms with Gasteiger partial charge in [-0.25, -0.2) is 4.39 Å². The fourth-order valence-electron chi connectivity index (χ4n) is 2.36. The second-order valence-corrected chi connectivity index (χ2v) is 5.01. The molecule has 0 fully saturated rings. The van der Waals surface area contributed by atoms with Gasteiger partial charge in [0, 0.05) is 18.7 Å². The van der Waals surface area contributed by atoms with Crippen LogP contribution < -0.4 is 9.47 Å². The summed E-state index contributed by atoms with van der Waals surface area (Å²) in [6, 6.07) is 11.2. The minimum atomic E-state index is -0.352. The van der Waals surface area contributed by atoms with Gasteiger partial charge in [0.15, 0.2) is 11.5 Å². The normalized spacial score (nSPS) is 12.3. The van der Waals surface area contributed by atoms with Crippen LogP contribution >= 0.6 is 0 Å². The van der Waals surface area contributed by atoms with Gasteiger partial charge < -0.3 is 14.4 Å². The Morgan fingerprint density at radius 3 is 2.59 bits per heavy atom.